The van der Waals surface area contributed by atoms with Crippen LogP contribution in [0.2, 0.25) is 0 Å². The highest BCUT2D eigenvalue weighted by Crippen LogP contribution is 2.28. The third-order valence-corrected chi connectivity index (χ3v) is 2.74. The quantitative estimate of drug-likeness (QED) is 0.907. The Hall–Kier alpha value is -2.56. The van der Waals surface area contributed by atoms with Crippen LogP contribution in [0.5, 0.6) is 11.5 Å². The molecule has 0 fully saturated rings. The van der Waals surface area contributed by atoms with Gasteiger partial charge in [-0.1, -0.05) is 0 Å². The average Bonchev–Trinajstić information content (AvgIpc) is 2.44. The molecular weight excluding hydrogens is 258 g/mol. The molecule has 104 valence electrons. The summed E-state index contributed by atoms with van der Waals surface area (Å²) in [6.07, 6.45) is 3.47. The summed E-state index contributed by atoms with van der Waals surface area (Å²) in [6.45, 7) is 2.25. The minimum Gasteiger partial charge on any atom is -0.493 e. The van der Waals surface area contributed by atoms with Gasteiger partial charge in [-0.05, 0) is 36.8 Å². The van der Waals surface area contributed by atoms with Crippen molar-refractivity contribution in [1.29, 1.82) is 0 Å². The number of benzene rings is 1. The molecule has 1 N–H and O–H groups in total. The lowest BCUT2D eigenvalue weighted by molar-refractivity contribution is 0.0696. The molecule has 0 saturated heterocycles. The van der Waals surface area contributed by atoms with Crippen molar-refractivity contribution >= 4 is 5.97 Å². The number of hydrogen-bond acceptors (Lipinski definition) is 4. The number of aromatic nitrogens is 1. The summed E-state index contributed by atoms with van der Waals surface area (Å²) in [4.78, 5) is 15.0. The number of hydrogen-bond donors (Lipinski definition) is 1. The highest BCUT2D eigenvalue weighted by molar-refractivity contribution is 5.88. The van der Waals surface area contributed by atoms with E-state index in [9.17, 15) is 4.79 Å². The number of carbonyl (C=O) groups is 1. The van der Waals surface area contributed by atoms with E-state index < -0.39 is 5.97 Å². The summed E-state index contributed by atoms with van der Waals surface area (Å²) < 4.78 is 10.8. The molecule has 1 aromatic heterocycles. The monoisotopic (exact) mass is 273 g/mol. The molecule has 5 heteroatoms. The Morgan fingerprint density at radius 1 is 1.25 bits per heavy atom. The number of methoxy groups -OCH3 is 1. The van der Waals surface area contributed by atoms with E-state index in [1.54, 1.807) is 18.5 Å². The Labute approximate surface area is 116 Å². The van der Waals surface area contributed by atoms with Crippen LogP contribution in [-0.4, -0.2) is 23.2 Å². The summed E-state index contributed by atoms with van der Waals surface area (Å²) in [5, 5.41) is 8.99. The molecule has 1 heterocycles. The highest BCUT2D eigenvalue weighted by Gasteiger charge is 2.10. The van der Waals surface area contributed by atoms with Gasteiger partial charge in [0.05, 0.1) is 12.7 Å². The molecule has 0 spiro atoms. The van der Waals surface area contributed by atoms with Crippen LogP contribution in [0.25, 0.3) is 0 Å². The summed E-state index contributed by atoms with van der Waals surface area (Å²) in [5.41, 5.74) is 2.10. The van der Waals surface area contributed by atoms with Crippen LogP contribution in [0.4, 0.5) is 0 Å². The van der Waals surface area contributed by atoms with Gasteiger partial charge in [0.1, 0.15) is 6.61 Å². The lowest BCUT2D eigenvalue weighted by atomic mass is 10.2. The maximum atomic E-state index is 11.0. The first-order valence-electron chi connectivity index (χ1n) is 6.05. The predicted octanol–water partition coefficient (Wildman–Crippen LogP) is 2.68. The van der Waals surface area contributed by atoms with Crippen LogP contribution in [0.15, 0.2) is 36.7 Å². The van der Waals surface area contributed by atoms with E-state index in [1.165, 1.54) is 19.2 Å². The van der Waals surface area contributed by atoms with Crippen molar-refractivity contribution in [2.45, 2.75) is 13.5 Å². The van der Waals surface area contributed by atoms with Gasteiger partial charge in [0.15, 0.2) is 11.5 Å². The number of rotatable bonds is 5. The Bertz CT molecular complexity index is 625. The van der Waals surface area contributed by atoms with Crippen molar-refractivity contribution in [2.75, 3.05) is 7.11 Å². The fraction of sp³-hybridized carbons (Fsp3) is 0.200. The first-order valence-corrected chi connectivity index (χ1v) is 6.05. The van der Waals surface area contributed by atoms with Crippen molar-refractivity contribution in [2.24, 2.45) is 0 Å². The van der Waals surface area contributed by atoms with Crippen LogP contribution >= 0.6 is 0 Å². The van der Waals surface area contributed by atoms with Crippen molar-refractivity contribution < 1.29 is 19.4 Å². The molecular formula is C15H15NO4. The Morgan fingerprint density at radius 3 is 2.70 bits per heavy atom. The van der Waals surface area contributed by atoms with E-state index in [4.69, 9.17) is 14.6 Å². The van der Waals surface area contributed by atoms with E-state index >= 15 is 0 Å². The van der Waals surface area contributed by atoms with Gasteiger partial charge in [0.2, 0.25) is 0 Å². The number of carboxylic acids is 1. The van der Waals surface area contributed by atoms with Gasteiger partial charge in [0, 0.05) is 18.0 Å². The van der Waals surface area contributed by atoms with Gasteiger partial charge in [0.25, 0.3) is 0 Å². The molecule has 2 aromatic rings. The van der Waals surface area contributed by atoms with Gasteiger partial charge in [-0.15, -0.1) is 0 Å². The molecule has 0 atom stereocenters. The number of pyridine rings is 1. The molecule has 0 aliphatic rings. The number of ether oxygens (including phenoxy) is 2. The van der Waals surface area contributed by atoms with Gasteiger partial charge < -0.3 is 14.6 Å². The molecule has 20 heavy (non-hydrogen) atoms. The molecule has 2 rings (SSSR count). The molecule has 0 aliphatic heterocycles. The van der Waals surface area contributed by atoms with E-state index in [0.717, 1.165) is 11.1 Å². The van der Waals surface area contributed by atoms with Crippen molar-refractivity contribution in [3.8, 4) is 11.5 Å². The topological polar surface area (TPSA) is 68.7 Å². The number of nitrogens with zero attached hydrogens (tertiary/aromatic N) is 1. The lowest BCUT2D eigenvalue weighted by Gasteiger charge is -2.11. The van der Waals surface area contributed by atoms with Crippen molar-refractivity contribution in [3.05, 3.63) is 53.3 Å². The second-order valence-electron chi connectivity index (χ2n) is 4.33. The molecule has 0 bridgehead atoms. The summed E-state index contributed by atoms with van der Waals surface area (Å²) in [6, 6.07) is 6.46. The Kier molecular flexibility index (Phi) is 4.20. The zero-order valence-corrected chi connectivity index (χ0v) is 11.3. The first-order chi connectivity index (χ1) is 9.60. The van der Waals surface area contributed by atoms with Crippen molar-refractivity contribution in [3.63, 3.8) is 0 Å². The summed E-state index contributed by atoms with van der Waals surface area (Å²) >= 11 is 0. The van der Waals surface area contributed by atoms with E-state index in [1.807, 2.05) is 13.0 Å². The third-order valence-electron chi connectivity index (χ3n) is 2.74. The van der Waals surface area contributed by atoms with Crippen LogP contribution in [0, 0.1) is 6.92 Å². The SMILES string of the molecule is COc1ccc(C(=O)O)cc1OCc1cncc(C)c1. The maximum absolute atomic E-state index is 11.0. The number of aromatic carboxylic acids is 1. The van der Waals surface area contributed by atoms with E-state index in [2.05, 4.69) is 4.98 Å². The molecule has 1 aromatic carbocycles. The predicted molar refractivity (Wildman–Crippen MR) is 73.3 cm³/mol. The van der Waals surface area contributed by atoms with Crippen LogP contribution < -0.4 is 9.47 Å². The van der Waals surface area contributed by atoms with Crippen LogP contribution in [-0.2, 0) is 6.61 Å². The van der Waals surface area contributed by atoms with Gasteiger partial charge >= 0.3 is 5.97 Å². The molecule has 0 amide bonds. The fourth-order valence-electron chi connectivity index (χ4n) is 1.78. The minimum atomic E-state index is -1.00. The lowest BCUT2D eigenvalue weighted by Crippen LogP contribution is -2.01. The Morgan fingerprint density at radius 2 is 2.05 bits per heavy atom. The van der Waals surface area contributed by atoms with Gasteiger partial charge in [-0.25, -0.2) is 4.79 Å². The molecule has 0 saturated carbocycles. The summed E-state index contributed by atoms with van der Waals surface area (Å²) in [5.74, 6) is -0.112. The highest BCUT2D eigenvalue weighted by atomic mass is 16.5. The first kappa shape index (κ1) is 13.9. The summed E-state index contributed by atoms with van der Waals surface area (Å²) in [7, 11) is 1.51. The van der Waals surface area contributed by atoms with Crippen molar-refractivity contribution in [1.82, 2.24) is 4.98 Å². The second-order valence-corrected chi connectivity index (χ2v) is 4.33. The van der Waals surface area contributed by atoms with Gasteiger partial charge in [-0.2, -0.15) is 0 Å². The minimum absolute atomic E-state index is 0.156. The standard InChI is InChI=1S/C15H15NO4/c1-10-5-11(8-16-7-10)9-20-14-6-12(15(17)18)3-4-13(14)19-2/h3-8H,9H2,1-2H3,(H,17,18). The third kappa shape index (κ3) is 3.26. The largest absolute Gasteiger partial charge is 0.493 e. The molecule has 0 unspecified atom stereocenters. The normalized spacial score (nSPS) is 10.1. The molecule has 5 nitrogen and oxygen atoms in total. The van der Waals surface area contributed by atoms with E-state index in [-0.39, 0.29) is 5.56 Å². The average molecular weight is 273 g/mol. The van der Waals surface area contributed by atoms with Crippen LogP contribution in [0.3, 0.4) is 0 Å². The number of carboxylic acid groups (broad SMARTS) is 1. The molecule has 0 aliphatic carbocycles. The zero-order valence-electron chi connectivity index (χ0n) is 11.3. The fourth-order valence-corrected chi connectivity index (χ4v) is 1.78. The Balaban J connectivity index is 2.19. The van der Waals surface area contributed by atoms with Gasteiger partial charge in [-0.3, -0.25) is 4.98 Å². The maximum Gasteiger partial charge on any atom is 0.335 e. The van der Waals surface area contributed by atoms with E-state index in [0.29, 0.717) is 18.1 Å². The zero-order chi connectivity index (χ0) is 14.5. The second kappa shape index (κ2) is 6.06. The number of aryl methyl sites for hydroxylation is 1. The van der Waals surface area contributed by atoms with Crippen LogP contribution in [0.1, 0.15) is 21.5 Å². The molecule has 0 radical (unpaired) electrons. The smallest absolute Gasteiger partial charge is 0.335 e.